The first-order valence-electron chi connectivity index (χ1n) is 11.4. The van der Waals surface area contributed by atoms with Crippen molar-refractivity contribution in [3.8, 4) is 5.75 Å². The average molecular weight is 458 g/mol. The zero-order valence-corrected chi connectivity index (χ0v) is 20.4. The van der Waals surface area contributed by atoms with Crippen molar-refractivity contribution in [2.45, 2.75) is 79.9 Å². The van der Waals surface area contributed by atoms with Crippen LogP contribution in [0.15, 0.2) is 12.4 Å². The summed E-state index contributed by atoms with van der Waals surface area (Å²) < 4.78 is 6.04. The highest BCUT2D eigenvalue weighted by molar-refractivity contribution is 6.11. The standard InChI is InChI=1S/C24H35N5O4/c1-7-9-19(13-30)27-23-22(12-26-24(28-23)29(17(5)31)18(6)32)33-14-21-16(4)20(10-8-2)15(3)11-25-21/h11-12,19,30H,7-10,13-14H2,1-6H3,(H,26,27,28). The summed E-state index contributed by atoms with van der Waals surface area (Å²) >= 11 is 0. The van der Waals surface area contributed by atoms with Gasteiger partial charge in [0.15, 0.2) is 11.6 Å². The minimum Gasteiger partial charge on any atom is -0.482 e. The Morgan fingerprint density at radius 3 is 2.39 bits per heavy atom. The van der Waals surface area contributed by atoms with Gasteiger partial charge < -0.3 is 15.2 Å². The summed E-state index contributed by atoms with van der Waals surface area (Å²) in [5.74, 6) is -0.375. The lowest BCUT2D eigenvalue weighted by Crippen LogP contribution is -2.35. The summed E-state index contributed by atoms with van der Waals surface area (Å²) in [4.78, 5) is 37.9. The summed E-state index contributed by atoms with van der Waals surface area (Å²) in [7, 11) is 0. The molecule has 0 aromatic carbocycles. The summed E-state index contributed by atoms with van der Waals surface area (Å²) in [6.07, 6.45) is 6.86. The average Bonchev–Trinajstić information content (AvgIpc) is 2.76. The lowest BCUT2D eigenvalue weighted by atomic mass is 9.99. The van der Waals surface area contributed by atoms with Gasteiger partial charge in [0.25, 0.3) is 0 Å². The van der Waals surface area contributed by atoms with Crippen LogP contribution in [0.1, 0.15) is 69.3 Å². The quantitative estimate of drug-likeness (QED) is 0.526. The highest BCUT2D eigenvalue weighted by atomic mass is 16.5. The van der Waals surface area contributed by atoms with E-state index in [1.54, 1.807) is 0 Å². The van der Waals surface area contributed by atoms with Crippen molar-refractivity contribution in [1.29, 1.82) is 0 Å². The molecule has 33 heavy (non-hydrogen) atoms. The van der Waals surface area contributed by atoms with E-state index in [1.807, 2.05) is 20.0 Å². The molecule has 0 saturated carbocycles. The molecule has 2 amide bonds. The Kier molecular flexibility index (Phi) is 9.72. The molecule has 0 bridgehead atoms. The van der Waals surface area contributed by atoms with Crippen molar-refractivity contribution in [3.05, 3.63) is 34.8 Å². The molecule has 1 atom stereocenters. The van der Waals surface area contributed by atoms with Gasteiger partial charge in [0.05, 0.1) is 24.5 Å². The smallest absolute Gasteiger partial charge is 0.241 e. The number of aliphatic hydroxyl groups is 1. The van der Waals surface area contributed by atoms with E-state index >= 15 is 0 Å². The number of aliphatic hydroxyl groups excluding tert-OH is 1. The molecular weight excluding hydrogens is 422 g/mol. The normalized spacial score (nSPS) is 11.7. The highest BCUT2D eigenvalue weighted by Crippen LogP contribution is 2.27. The molecule has 0 radical (unpaired) electrons. The third-order valence-corrected chi connectivity index (χ3v) is 5.41. The largest absolute Gasteiger partial charge is 0.482 e. The number of anilines is 2. The first-order valence-corrected chi connectivity index (χ1v) is 11.4. The van der Waals surface area contributed by atoms with Crippen LogP contribution in [0, 0.1) is 13.8 Å². The summed E-state index contributed by atoms with van der Waals surface area (Å²) in [6.45, 7) is 10.9. The molecule has 0 aliphatic heterocycles. The number of carbonyl (C=O) groups excluding carboxylic acids is 2. The molecule has 0 saturated heterocycles. The lowest BCUT2D eigenvalue weighted by Gasteiger charge is -2.21. The summed E-state index contributed by atoms with van der Waals surface area (Å²) in [6, 6.07) is -0.265. The van der Waals surface area contributed by atoms with Crippen LogP contribution in [0.3, 0.4) is 0 Å². The van der Waals surface area contributed by atoms with E-state index in [9.17, 15) is 14.7 Å². The fourth-order valence-electron chi connectivity index (χ4n) is 3.68. The molecule has 2 N–H and O–H groups in total. The van der Waals surface area contributed by atoms with Crippen LogP contribution in [0.25, 0.3) is 0 Å². The zero-order valence-electron chi connectivity index (χ0n) is 20.4. The van der Waals surface area contributed by atoms with E-state index in [4.69, 9.17) is 4.74 Å². The fraction of sp³-hybridized carbons (Fsp3) is 0.542. The van der Waals surface area contributed by atoms with Gasteiger partial charge in [-0.3, -0.25) is 14.6 Å². The second-order valence-electron chi connectivity index (χ2n) is 8.10. The van der Waals surface area contributed by atoms with Crippen molar-refractivity contribution in [3.63, 3.8) is 0 Å². The third kappa shape index (κ3) is 6.71. The van der Waals surface area contributed by atoms with Crippen LogP contribution < -0.4 is 15.0 Å². The molecule has 2 aromatic heterocycles. The number of nitrogens with zero attached hydrogens (tertiary/aromatic N) is 4. The van der Waals surface area contributed by atoms with Gasteiger partial charge in [-0.05, 0) is 43.4 Å². The van der Waals surface area contributed by atoms with E-state index in [0.717, 1.165) is 41.0 Å². The zero-order chi connectivity index (χ0) is 24.5. The van der Waals surface area contributed by atoms with Crippen LogP contribution in [0.4, 0.5) is 11.8 Å². The van der Waals surface area contributed by atoms with Crippen LogP contribution in [-0.2, 0) is 22.6 Å². The lowest BCUT2D eigenvalue weighted by molar-refractivity contribution is -0.124. The molecule has 0 aliphatic rings. The number of imide groups is 1. The Morgan fingerprint density at radius 2 is 1.82 bits per heavy atom. The van der Waals surface area contributed by atoms with Gasteiger partial charge >= 0.3 is 0 Å². The molecule has 9 nitrogen and oxygen atoms in total. The van der Waals surface area contributed by atoms with Gasteiger partial charge in [0.2, 0.25) is 17.8 Å². The maximum atomic E-state index is 11.9. The number of rotatable bonds is 11. The Bertz CT molecular complexity index is 966. The first kappa shape index (κ1) is 26.2. The van der Waals surface area contributed by atoms with Crippen LogP contribution >= 0.6 is 0 Å². The number of nitrogens with one attached hydrogen (secondary N) is 1. The summed E-state index contributed by atoms with van der Waals surface area (Å²) in [5, 5.41) is 12.9. The number of pyridine rings is 1. The molecule has 1 unspecified atom stereocenters. The molecule has 2 aromatic rings. The monoisotopic (exact) mass is 457 g/mol. The van der Waals surface area contributed by atoms with Gasteiger partial charge in [-0.15, -0.1) is 0 Å². The second kappa shape index (κ2) is 12.2. The maximum Gasteiger partial charge on any atom is 0.241 e. The van der Waals surface area contributed by atoms with E-state index in [0.29, 0.717) is 18.0 Å². The van der Waals surface area contributed by atoms with Gasteiger partial charge in [0.1, 0.15) is 6.61 Å². The number of hydrogen-bond donors (Lipinski definition) is 2. The van der Waals surface area contributed by atoms with Crippen molar-refractivity contribution in [2.24, 2.45) is 0 Å². The minimum absolute atomic E-state index is 0.0482. The fourth-order valence-corrected chi connectivity index (χ4v) is 3.68. The maximum absolute atomic E-state index is 11.9. The van der Waals surface area contributed by atoms with Crippen LogP contribution in [0.2, 0.25) is 0 Å². The molecule has 0 spiro atoms. The van der Waals surface area contributed by atoms with Gasteiger partial charge in [0, 0.05) is 20.0 Å². The third-order valence-electron chi connectivity index (χ3n) is 5.41. The van der Waals surface area contributed by atoms with Gasteiger partial charge in [-0.25, -0.2) is 9.88 Å². The Balaban J connectivity index is 2.39. The van der Waals surface area contributed by atoms with Gasteiger partial charge in [-0.2, -0.15) is 4.98 Å². The highest BCUT2D eigenvalue weighted by Gasteiger charge is 2.22. The number of ether oxygens (including phenoxy) is 1. The summed E-state index contributed by atoms with van der Waals surface area (Å²) in [5.41, 5.74) is 4.35. The number of carbonyl (C=O) groups is 2. The molecule has 0 fully saturated rings. The van der Waals surface area contributed by atoms with E-state index < -0.39 is 11.8 Å². The molecule has 2 rings (SSSR count). The Labute approximate surface area is 195 Å². The topological polar surface area (TPSA) is 118 Å². The Morgan fingerprint density at radius 1 is 1.12 bits per heavy atom. The second-order valence-corrected chi connectivity index (χ2v) is 8.10. The minimum atomic E-state index is -0.489. The molecule has 9 heteroatoms. The Hall–Kier alpha value is -3.07. The molecular formula is C24H35N5O4. The van der Waals surface area contributed by atoms with Crippen LogP contribution in [-0.4, -0.2) is 44.5 Å². The van der Waals surface area contributed by atoms with Crippen molar-refractivity contribution >= 4 is 23.6 Å². The van der Waals surface area contributed by atoms with Crippen LogP contribution in [0.5, 0.6) is 5.75 Å². The first-order chi connectivity index (χ1) is 15.7. The predicted molar refractivity (Wildman–Crippen MR) is 127 cm³/mol. The molecule has 2 heterocycles. The van der Waals surface area contributed by atoms with E-state index in [2.05, 4.69) is 34.1 Å². The number of aromatic nitrogens is 3. The van der Waals surface area contributed by atoms with Crippen molar-refractivity contribution in [1.82, 2.24) is 15.0 Å². The van der Waals surface area contributed by atoms with Gasteiger partial charge in [-0.1, -0.05) is 26.7 Å². The molecule has 180 valence electrons. The predicted octanol–water partition coefficient (Wildman–Crippen LogP) is 3.49. The number of amides is 2. The number of hydrogen-bond acceptors (Lipinski definition) is 8. The van der Waals surface area contributed by atoms with Crippen molar-refractivity contribution in [2.75, 3.05) is 16.8 Å². The SMILES string of the molecule is CCCc1c(C)cnc(COc2cnc(N(C(C)=O)C(C)=O)nc2NC(CO)CCC)c1C. The number of aryl methyl sites for hydroxylation is 1. The van der Waals surface area contributed by atoms with Crippen molar-refractivity contribution < 1.29 is 19.4 Å². The molecule has 0 aliphatic carbocycles. The van der Waals surface area contributed by atoms with E-state index in [-0.39, 0.29) is 25.2 Å². The van der Waals surface area contributed by atoms with E-state index in [1.165, 1.54) is 25.6 Å².